The van der Waals surface area contributed by atoms with E-state index in [0.29, 0.717) is 28.8 Å². The lowest BCUT2D eigenvalue weighted by Gasteiger charge is -2.06. The van der Waals surface area contributed by atoms with Crippen molar-refractivity contribution >= 4 is 35.1 Å². The largest absolute Gasteiger partial charge is 0.462 e. The number of esters is 1. The van der Waals surface area contributed by atoms with E-state index in [-0.39, 0.29) is 5.82 Å². The second kappa shape index (κ2) is 6.87. The predicted molar refractivity (Wildman–Crippen MR) is 84.9 cm³/mol. The highest BCUT2D eigenvalue weighted by molar-refractivity contribution is 7.98. The van der Waals surface area contributed by atoms with Crippen molar-refractivity contribution < 1.29 is 9.53 Å². The maximum atomic E-state index is 12.0. The van der Waals surface area contributed by atoms with Gasteiger partial charge in [0.05, 0.1) is 13.2 Å². The zero-order valence-corrected chi connectivity index (χ0v) is 13.4. The molecule has 2 rings (SSSR count). The van der Waals surface area contributed by atoms with Gasteiger partial charge in [-0.2, -0.15) is 5.10 Å². The molecule has 2 aromatic rings. The van der Waals surface area contributed by atoms with Gasteiger partial charge >= 0.3 is 5.97 Å². The lowest BCUT2D eigenvalue weighted by Crippen LogP contribution is -2.10. The average molecular weight is 326 g/mol. The number of hydrogen-bond donors (Lipinski definition) is 1. The third-order valence-electron chi connectivity index (χ3n) is 2.91. The zero-order valence-electron chi connectivity index (χ0n) is 11.8. The van der Waals surface area contributed by atoms with Gasteiger partial charge in [0.25, 0.3) is 0 Å². The molecule has 0 saturated heterocycles. The summed E-state index contributed by atoms with van der Waals surface area (Å²) in [7, 11) is 0. The number of thioether (sulfide) groups is 1. The van der Waals surface area contributed by atoms with Crippen LogP contribution in [-0.4, -0.2) is 28.6 Å². The van der Waals surface area contributed by atoms with Gasteiger partial charge in [-0.1, -0.05) is 29.8 Å². The molecule has 0 amide bonds. The van der Waals surface area contributed by atoms with Gasteiger partial charge in [0, 0.05) is 5.02 Å². The molecular formula is C14H16ClN3O2S. The van der Waals surface area contributed by atoms with Crippen LogP contribution in [0.5, 0.6) is 0 Å². The third kappa shape index (κ3) is 3.33. The van der Waals surface area contributed by atoms with Crippen LogP contribution in [0.4, 0.5) is 5.82 Å². The van der Waals surface area contributed by atoms with Crippen LogP contribution in [0.2, 0.25) is 5.02 Å². The highest BCUT2D eigenvalue weighted by Crippen LogP contribution is 2.27. The number of ether oxygens (including phenoxy) is 1. The first-order valence-electron chi connectivity index (χ1n) is 6.39. The van der Waals surface area contributed by atoms with Gasteiger partial charge in [0.15, 0.2) is 0 Å². The van der Waals surface area contributed by atoms with Crippen LogP contribution >= 0.6 is 23.4 Å². The minimum absolute atomic E-state index is 0.290. The van der Waals surface area contributed by atoms with Crippen molar-refractivity contribution in [1.82, 2.24) is 9.78 Å². The SMILES string of the molecule is CCOC(=O)c1c(SC)nn(Cc2ccccc2Cl)c1N. The Morgan fingerprint density at radius 2 is 2.19 bits per heavy atom. The Morgan fingerprint density at radius 3 is 2.81 bits per heavy atom. The number of hydrogen-bond acceptors (Lipinski definition) is 5. The van der Waals surface area contributed by atoms with E-state index in [1.54, 1.807) is 17.7 Å². The first-order valence-corrected chi connectivity index (χ1v) is 7.99. The molecule has 0 aliphatic heterocycles. The van der Waals surface area contributed by atoms with Crippen molar-refractivity contribution in [2.45, 2.75) is 18.5 Å². The molecule has 0 fully saturated rings. The summed E-state index contributed by atoms with van der Waals surface area (Å²) in [6, 6.07) is 7.45. The summed E-state index contributed by atoms with van der Waals surface area (Å²) in [4.78, 5) is 12.0. The molecule has 1 heterocycles. The van der Waals surface area contributed by atoms with Gasteiger partial charge < -0.3 is 10.5 Å². The van der Waals surface area contributed by atoms with Crippen molar-refractivity contribution in [3.63, 3.8) is 0 Å². The molecule has 112 valence electrons. The predicted octanol–water partition coefficient (Wildman–Crippen LogP) is 3.07. The Hall–Kier alpha value is -1.66. The number of nitrogen functional groups attached to an aromatic ring is 1. The maximum Gasteiger partial charge on any atom is 0.344 e. The van der Waals surface area contributed by atoms with E-state index in [0.717, 1.165) is 5.56 Å². The first-order chi connectivity index (χ1) is 10.1. The minimum atomic E-state index is -0.454. The maximum absolute atomic E-state index is 12.0. The smallest absolute Gasteiger partial charge is 0.344 e. The van der Waals surface area contributed by atoms with Crippen molar-refractivity contribution in [2.24, 2.45) is 0 Å². The van der Waals surface area contributed by atoms with Crippen LogP contribution in [0.25, 0.3) is 0 Å². The molecule has 0 aliphatic rings. The molecule has 1 aromatic carbocycles. The number of carbonyl (C=O) groups is 1. The molecule has 0 spiro atoms. The second-order valence-corrected chi connectivity index (χ2v) is 5.44. The second-order valence-electron chi connectivity index (χ2n) is 4.24. The average Bonchev–Trinajstić information content (AvgIpc) is 2.78. The van der Waals surface area contributed by atoms with E-state index in [1.165, 1.54) is 11.8 Å². The molecule has 5 nitrogen and oxygen atoms in total. The van der Waals surface area contributed by atoms with Gasteiger partial charge in [0.2, 0.25) is 0 Å². The summed E-state index contributed by atoms with van der Waals surface area (Å²) in [5.74, 6) is -0.164. The molecule has 0 radical (unpaired) electrons. The first kappa shape index (κ1) is 15.7. The molecule has 1 aromatic heterocycles. The van der Waals surface area contributed by atoms with Crippen LogP contribution in [-0.2, 0) is 11.3 Å². The fourth-order valence-electron chi connectivity index (χ4n) is 1.90. The normalized spacial score (nSPS) is 10.6. The number of nitrogens with two attached hydrogens (primary N) is 1. The van der Waals surface area contributed by atoms with E-state index in [4.69, 9.17) is 22.1 Å². The van der Waals surface area contributed by atoms with Crippen LogP contribution in [0, 0.1) is 0 Å². The molecule has 0 saturated carbocycles. The minimum Gasteiger partial charge on any atom is -0.462 e. The summed E-state index contributed by atoms with van der Waals surface area (Å²) in [6.45, 7) is 2.45. The lowest BCUT2D eigenvalue weighted by atomic mass is 10.2. The molecule has 0 aliphatic carbocycles. The third-order valence-corrected chi connectivity index (χ3v) is 3.95. The fraction of sp³-hybridized carbons (Fsp3) is 0.286. The number of nitrogens with zero attached hydrogens (tertiary/aromatic N) is 2. The molecule has 0 bridgehead atoms. The van der Waals surface area contributed by atoms with Crippen LogP contribution < -0.4 is 5.73 Å². The molecule has 21 heavy (non-hydrogen) atoms. The Bertz CT molecular complexity index is 658. The highest BCUT2D eigenvalue weighted by atomic mass is 35.5. The number of benzene rings is 1. The summed E-state index contributed by atoms with van der Waals surface area (Å²) >= 11 is 7.49. The Morgan fingerprint density at radius 1 is 1.48 bits per heavy atom. The molecule has 2 N–H and O–H groups in total. The van der Waals surface area contributed by atoms with Gasteiger partial charge in [0.1, 0.15) is 16.4 Å². The monoisotopic (exact) mass is 325 g/mol. The van der Waals surface area contributed by atoms with Gasteiger partial charge in [-0.25, -0.2) is 9.48 Å². The topological polar surface area (TPSA) is 70.1 Å². The molecule has 7 heteroatoms. The summed E-state index contributed by atoms with van der Waals surface area (Å²) < 4.78 is 6.60. The Labute approximate surface area is 132 Å². The van der Waals surface area contributed by atoms with E-state index < -0.39 is 5.97 Å². The van der Waals surface area contributed by atoms with E-state index in [1.807, 2.05) is 24.5 Å². The van der Waals surface area contributed by atoms with E-state index in [2.05, 4.69) is 5.10 Å². The molecule has 0 unspecified atom stereocenters. The Kier molecular flexibility index (Phi) is 5.14. The van der Waals surface area contributed by atoms with Crippen LogP contribution in [0.1, 0.15) is 22.8 Å². The van der Waals surface area contributed by atoms with Crippen LogP contribution in [0.3, 0.4) is 0 Å². The van der Waals surface area contributed by atoms with Crippen LogP contribution in [0.15, 0.2) is 29.3 Å². The zero-order chi connectivity index (χ0) is 15.4. The fourth-order valence-corrected chi connectivity index (χ4v) is 2.67. The standard InChI is InChI=1S/C14H16ClN3O2S/c1-3-20-14(19)11-12(16)18(17-13(11)21-2)8-9-6-4-5-7-10(9)15/h4-7H,3,8,16H2,1-2H3. The number of carbonyl (C=O) groups excluding carboxylic acids is 1. The number of rotatable bonds is 5. The van der Waals surface area contributed by atoms with Crippen molar-refractivity contribution in [3.05, 3.63) is 40.4 Å². The van der Waals surface area contributed by atoms with E-state index in [9.17, 15) is 4.79 Å². The van der Waals surface area contributed by atoms with Gasteiger partial charge in [-0.05, 0) is 24.8 Å². The molecule has 0 atom stereocenters. The number of aromatic nitrogens is 2. The highest BCUT2D eigenvalue weighted by Gasteiger charge is 2.23. The summed E-state index contributed by atoms with van der Waals surface area (Å²) in [6.07, 6.45) is 1.84. The van der Waals surface area contributed by atoms with Crippen molar-refractivity contribution in [1.29, 1.82) is 0 Å². The van der Waals surface area contributed by atoms with Gasteiger partial charge in [-0.3, -0.25) is 0 Å². The van der Waals surface area contributed by atoms with E-state index >= 15 is 0 Å². The quantitative estimate of drug-likeness (QED) is 0.675. The number of halogens is 1. The Balaban J connectivity index is 2.38. The number of anilines is 1. The summed E-state index contributed by atoms with van der Waals surface area (Å²) in [5.41, 5.74) is 7.25. The van der Waals surface area contributed by atoms with Gasteiger partial charge in [-0.15, -0.1) is 11.8 Å². The van der Waals surface area contributed by atoms with Crippen molar-refractivity contribution in [3.8, 4) is 0 Å². The lowest BCUT2D eigenvalue weighted by molar-refractivity contribution is 0.0523. The van der Waals surface area contributed by atoms with Crippen molar-refractivity contribution in [2.75, 3.05) is 18.6 Å². The molecular weight excluding hydrogens is 310 g/mol. The summed E-state index contributed by atoms with van der Waals surface area (Å²) in [5, 5.41) is 5.55.